The second kappa shape index (κ2) is 24.7. The number of ether oxygens (including phenoxy) is 5. The molecule has 2 aromatic carbocycles. The zero-order chi connectivity index (χ0) is 52.7. The number of carboxylic acids is 1. The summed E-state index contributed by atoms with van der Waals surface area (Å²) in [4.78, 5) is 69.9. The second-order valence-electron chi connectivity index (χ2n) is 20.2. The standard InChI is InChI=1S/C53H77N3O14S/c1-13-41-53(9,65)47(61)31(5)43(58)29(3)26-52(8,66-12)48(70-51-45(60)40(55(10)11)22-30(4)67-51)32(6)46(33(7)50(64)68-41)69-42(57)24-34-16-15-17-35(23-34)27-54-20-21-71-36-18-19-37-39(25-36)56(14-2)28-38(44(37)59)49(62)63/h15-19,23,25,28-33,40-41,45-48,51,54,60-61,65H,13-14,20-22,24,26-27H2,1-12H3,(H,62,63)/t29-,30-,31+,32+,33-,40+,41-,45-,46+,47-,48-,51+,52-,53-/m1/s1. The molecule has 394 valence electrons. The fraction of sp³-hybridized carbons (Fsp3) is 0.642. The molecule has 5 N–H and O–H groups in total. The van der Waals surface area contributed by atoms with Crippen LogP contribution in [0, 0.1) is 23.7 Å². The number of benzene rings is 2. The normalized spacial score (nSPS) is 32.3. The van der Waals surface area contributed by atoms with Gasteiger partial charge in [0.05, 0.1) is 41.8 Å². The van der Waals surface area contributed by atoms with Crippen LogP contribution >= 0.6 is 11.8 Å². The number of aromatic nitrogens is 1. The summed E-state index contributed by atoms with van der Waals surface area (Å²) in [6.07, 6.45) is -5.86. The number of cyclic esters (lactones) is 1. The number of nitrogens with one attached hydrogen (secondary N) is 1. The van der Waals surface area contributed by atoms with E-state index < -0.39 is 95.0 Å². The molecule has 2 aliphatic heterocycles. The molecule has 0 saturated carbocycles. The van der Waals surface area contributed by atoms with Gasteiger partial charge >= 0.3 is 17.9 Å². The van der Waals surface area contributed by atoms with Gasteiger partial charge in [-0.15, -0.1) is 11.8 Å². The van der Waals surface area contributed by atoms with Crippen LogP contribution in [0.4, 0.5) is 0 Å². The topological polar surface area (TPSA) is 233 Å². The highest BCUT2D eigenvalue weighted by Gasteiger charge is 2.53. The van der Waals surface area contributed by atoms with Crippen molar-refractivity contribution in [3.8, 4) is 0 Å². The molecule has 0 amide bonds. The van der Waals surface area contributed by atoms with Crippen molar-refractivity contribution in [1.82, 2.24) is 14.8 Å². The number of carbonyl (C=O) groups excluding carboxylic acids is 3. The van der Waals surface area contributed by atoms with Gasteiger partial charge in [-0.1, -0.05) is 52.0 Å². The summed E-state index contributed by atoms with van der Waals surface area (Å²) < 4.78 is 33.4. The first-order chi connectivity index (χ1) is 33.4. The Balaban J connectivity index is 1.38. The minimum atomic E-state index is -2.03. The molecule has 0 spiro atoms. The molecule has 0 radical (unpaired) electrons. The Labute approximate surface area is 421 Å². The molecule has 18 heteroatoms. The molecular formula is C53H77N3O14S. The maximum atomic E-state index is 14.3. The average Bonchev–Trinajstić information content (AvgIpc) is 3.33. The molecule has 2 aliphatic rings. The maximum Gasteiger partial charge on any atom is 0.341 e. The highest BCUT2D eigenvalue weighted by Crippen LogP contribution is 2.40. The number of rotatable bonds is 16. The van der Waals surface area contributed by atoms with Crippen molar-refractivity contribution in [2.24, 2.45) is 23.7 Å². The third-order valence-corrected chi connectivity index (χ3v) is 15.6. The number of aromatic carboxylic acids is 1. The van der Waals surface area contributed by atoms with Gasteiger partial charge in [0.25, 0.3) is 0 Å². The third kappa shape index (κ3) is 13.5. The van der Waals surface area contributed by atoms with Crippen molar-refractivity contribution in [2.75, 3.05) is 33.5 Å². The fourth-order valence-corrected chi connectivity index (χ4v) is 11.2. The molecule has 1 aromatic heterocycles. The Kier molecular flexibility index (Phi) is 20.0. The summed E-state index contributed by atoms with van der Waals surface area (Å²) in [6.45, 7) is 16.7. The number of carbonyl (C=O) groups is 4. The van der Waals surface area contributed by atoms with Crippen molar-refractivity contribution in [3.05, 3.63) is 75.6 Å². The highest BCUT2D eigenvalue weighted by atomic mass is 32.2. The summed E-state index contributed by atoms with van der Waals surface area (Å²) in [5.41, 5.74) is -1.90. The number of carboxylic acid groups (broad SMARTS) is 1. The van der Waals surface area contributed by atoms with Gasteiger partial charge in [-0.05, 0) is 97.3 Å². The van der Waals surface area contributed by atoms with E-state index in [4.69, 9.17) is 23.7 Å². The molecule has 14 atom stereocenters. The molecule has 3 heterocycles. The number of Topliss-reactive ketones (excluding diaryl/α,β-unsaturated/α-hetero) is 1. The Morgan fingerprint density at radius 2 is 1.68 bits per heavy atom. The smallest absolute Gasteiger partial charge is 0.341 e. The van der Waals surface area contributed by atoms with Gasteiger partial charge in [-0.3, -0.25) is 19.2 Å². The van der Waals surface area contributed by atoms with Gasteiger partial charge < -0.3 is 58.9 Å². The zero-order valence-corrected chi connectivity index (χ0v) is 44.2. The first-order valence-corrected chi connectivity index (χ1v) is 25.7. The number of esters is 2. The van der Waals surface area contributed by atoms with E-state index in [1.165, 1.54) is 27.2 Å². The first kappa shape index (κ1) is 57.7. The van der Waals surface area contributed by atoms with Crippen LogP contribution in [0.2, 0.25) is 0 Å². The van der Waals surface area contributed by atoms with Crippen LogP contribution in [-0.4, -0.2) is 147 Å². The van der Waals surface area contributed by atoms with E-state index in [-0.39, 0.29) is 42.8 Å². The maximum absolute atomic E-state index is 14.3. The molecule has 0 aliphatic carbocycles. The van der Waals surface area contributed by atoms with Gasteiger partial charge in [0.1, 0.15) is 35.3 Å². The van der Waals surface area contributed by atoms with Crippen molar-refractivity contribution in [1.29, 1.82) is 0 Å². The number of ketones is 1. The molecule has 5 rings (SSSR count). The number of hydrogen-bond acceptors (Lipinski definition) is 16. The highest BCUT2D eigenvalue weighted by molar-refractivity contribution is 7.99. The summed E-state index contributed by atoms with van der Waals surface area (Å²) in [7, 11) is 5.19. The van der Waals surface area contributed by atoms with E-state index in [0.717, 1.165) is 10.5 Å². The number of thioether (sulfide) groups is 1. The first-order valence-electron chi connectivity index (χ1n) is 24.7. The minimum Gasteiger partial charge on any atom is -0.477 e. The lowest BCUT2D eigenvalue weighted by Crippen LogP contribution is -2.60. The second-order valence-corrected chi connectivity index (χ2v) is 21.4. The summed E-state index contributed by atoms with van der Waals surface area (Å²) in [5, 5.41) is 48.3. The lowest BCUT2D eigenvalue weighted by molar-refractivity contribution is -0.301. The summed E-state index contributed by atoms with van der Waals surface area (Å²) >= 11 is 1.59. The molecule has 17 nitrogen and oxygen atoms in total. The monoisotopic (exact) mass is 1010 g/mol. The summed E-state index contributed by atoms with van der Waals surface area (Å²) in [6, 6.07) is 12.5. The number of aliphatic hydroxyl groups is 3. The molecule has 71 heavy (non-hydrogen) atoms. The number of methoxy groups -OCH3 is 1. The quantitative estimate of drug-likeness (QED) is 0.0703. The van der Waals surface area contributed by atoms with Crippen LogP contribution in [0.1, 0.15) is 103 Å². The molecular weight excluding hydrogens is 935 g/mol. The predicted octanol–water partition coefficient (Wildman–Crippen LogP) is 5.22. The third-order valence-electron chi connectivity index (χ3n) is 14.6. The van der Waals surface area contributed by atoms with E-state index in [1.54, 1.807) is 63.1 Å². The van der Waals surface area contributed by atoms with Gasteiger partial charge in [-0.2, -0.15) is 0 Å². The van der Waals surface area contributed by atoms with Crippen molar-refractivity contribution in [3.63, 3.8) is 0 Å². The van der Waals surface area contributed by atoms with Crippen LogP contribution in [0.15, 0.2) is 58.4 Å². The van der Waals surface area contributed by atoms with Crippen LogP contribution in [0.3, 0.4) is 0 Å². The fourth-order valence-electron chi connectivity index (χ4n) is 10.3. The van der Waals surface area contributed by atoms with E-state index in [0.29, 0.717) is 48.3 Å². The lowest BCUT2D eigenvalue weighted by atomic mass is 9.74. The number of hydrogen-bond donors (Lipinski definition) is 5. The Hall–Kier alpha value is -4.24. The van der Waals surface area contributed by atoms with Gasteiger partial charge in [0, 0.05) is 72.8 Å². The van der Waals surface area contributed by atoms with E-state index in [9.17, 15) is 44.4 Å². The van der Waals surface area contributed by atoms with Gasteiger partial charge in [-0.25, -0.2) is 4.79 Å². The SMILES string of the molecule is CC[C@H]1OC(=O)[C@H](C)[C@@H](OC(=O)Cc2cccc(CNCCSc3ccc4c(=O)c(C(=O)O)cn(CC)c4c3)c2)[C@H](C)[C@@H](O[C@@H]2O[C@H](C)C[C@H](N(C)C)[C@H]2O)[C@](C)(OC)C[C@@H](C)C(=O)[C@H](C)[C@@H](O)[C@]1(C)O. The molecule has 2 saturated heterocycles. The number of aliphatic hydroxyl groups excluding tert-OH is 2. The molecule has 0 bridgehead atoms. The summed E-state index contributed by atoms with van der Waals surface area (Å²) in [5.74, 6) is -6.22. The van der Waals surface area contributed by atoms with Crippen LogP contribution in [-0.2, 0) is 57.6 Å². The van der Waals surface area contributed by atoms with E-state index >= 15 is 0 Å². The number of aryl methyl sites for hydroxylation is 1. The number of likely N-dealkylation sites (N-methyl/N-ethyl adjacent to an activating group) is 1. The van der Waals surface area contributed by atoms with Crippen molar-refractivity contribution >= 4 is 46.4 Å². The van der Waals surface area contributed by atoms with E-state index in [2.05, 4.69) is 5.32 Å². The van der Waals surface area contributed by atoms with Crippen molar-refractivity contribution < 1.29 is 63.3 Å². The Bertz CT molecular complexity index is 2390. The molecule has 0 unspecified atom stereocenters. The average molecular weight is 1010 g/mol. The van der Waals surface area contributed by atoms with Gasteiger partial charge in [0.2, 0.25) is 5.43 Å². The Morgan fingerprint density at radius 1 is 0.986 bits per heavy atom. The van der Waals surface area contributed by atoms with E-state index in [1.807, 2.05) is 63.2 Å². The van der Waals surface area contributed by atoms with Gasteiger partial charge in [0.15, 0.2) is 6.29 Å². The predicted molar refractivity (Wildman–Crippen MR) is 269 cm³/mol. The number of nitrogens with zero attached hydrogens (tertiary/aromatic N) is 2. The van der Waals surface area contributed by atoms with Crippen LogP contribution in [0.25, 0.3) is 10.9 Å². The minimum absolute atomic E-state index is 0.0464. The largest absolute Gasteiger partial charge is 0.477 e. The Morgan fingerprint density at radius 3 is 2.31 bits per heavy atom. The number of fused-ring (bicyclic) bond motifs is 1. The lowest BCUT2D eigenvalue weighted by Gasteiger charge is -2.48. The number of pyridine rings is 1. The zero-order valence-electron chi connectivity index (χ0n) is 43.4. The van der Waals surface area contributed by atoms with Crippen LogP contribution < -0.4 is 10.7 Å². The van der Waals surface area contributed by atoms with Crippen molar-refractivity contribution in [2.45, 2.75) is 166 Å². The van der Waals surface area contributed by atoms with Crippen LogP contribution in [0.5, 0.6) is 0 Å². The molecule has 2 fully saturated rings. The molecule has 3 aromatic rings.